The van der Waals surface area contributed by atoms with Crippen LogP contribution in [0.4, 0.5) is 4.79 Å². The number of nitrogens with zero attached hydrogens (tertiary/aromatic N) is 3. The summed E-state index contributed by atoms with van der Waals surface area (Å²) in [5, 5.41) is 0.612. The fraction of sp³-hybridized carbons (Fsp3) is 0.375. The van der Waals surface area contributed by atoms with E-state index in [9.17, 15) is 4.79 Å². The lowest BCUT2D eigenvalue weighted by Gasteiger charge is -2.23. The van der Waals surface area contributed by atoms with E-state index in [1.54, 1.807) is 29.4 Å². The number of halogens is 3. The Morgan fingerprint density at radius 1 is 1.33 bits per heavy atom. The number of carbonyl (C=O) groups is 1. The molecule has 0 unspecified atom stereocenters. The van der Waals surface area contributed by atoms with Crippen molar-refractivity contribution in [3.63, 3.8) is 0 Å². The summed E-state index contributed by atoms with van der Waals surface area (Å²) < 4.78 is 8.84. The second-order valence-electron chi connectivity index (χ2n) is 5.14. The molecule has 8 heteroatoms. The number of benzene rings is 1. The van der Waals surface area contributed by atoms with E-state index in [4.69, 9.17) is 16.3 Å². The third-order valence-corrected chi connectivity index (χ3v) is 4.74. The number of ether oxygens (including phenoxy) is 1. The molecule has 5 nitrogen and oxygen atoms in total. The highest BCUT2D eigenvalue weighted by Gasteiger charge is 2.15. The van der Waals surface area contributed by atoms with Crippen LogP contribution < -0.4 is 4.74 Å². The van der Waals surface area contributed by atoms with Crippen molar-refractivity contribution in [2.45, 2.75) is 19.8 Å². The SMILES string of the molecule is CCCCN(CCOc1c(Br)cc(Cl)cc1Br)C(=O)n1ccnc1. The molecule has 24 heavy (non-hydrogen) atoms. The number of imidazole rings is 1. The minimum absolute atomic E-state index is 0.0983. The molecule has 0 saturated carbocycles. The van der Waals surface area contributed by atoms with Crippen molar-refractivity contribution in [3.05, 3.63) is 44.8 Å². The Kier molecular flexibility index (Phi) is 7.58. The topological polar surface area (TPSA) is 47.4 Å². The van der Waals surface area contributed by atoms with Crippen LogP contribution in [0.15, 0.2) is 39.8 Å². The third-order valence-electron chi connectivity index (χ3n) is 3.35. The van der Waals surface area contributed by atoms with Crippen LogP contribution in [0.3, 0.4) is 0 Å². The van der Waals surface area contributed by atoms with Gasteiger partial charge < -0.3 is 9.64 Å². The molecule has 0 aliphatic heterocycles. The molecular formula is C16H18Br2ClN3O2. The predicted octanol–water partition coefficient (Wildman–Crippen LogP) is 5.21. The fourth-order valence-electron chi connectivity index (χ4n) is 2.11. The molecule has 0 N–H and O–H groups in total. The van der Waals surface area contributed by atoms with Gasteiger partial charge in [0.2, 0.25) is 0 Å². The van der Waals surface area contributed by atoms with Crippen LogP contribution in [0.1, 0.15) is 19.8 Å². The highest BCUT2D eigenvalue weighted by molar-refractivity contribution is 9.11. The molecule has 1 aromatic heterocycles. The maximum Gasteiger partial charge on any atom is 0.329 e. The molecule has 0 fully saturated rings. The van der Waals surface area contributed by atoms with E-state index in [0.29, 0.717) is 30.5 Å². The van der Waals surface area contributed by atoms with Crippen molar-refractivity contribution in [1.29, 1.82) is 0 Å². The summed E-state index contributed by atoms with van der Waals surface area (Å²) in [4.78, 5) is 18.2. The molecule has 1 aromatic carbocycles. The van der Waals surface area contributed by atoms with E-state index in [0.717, 1.165) is 21.8 Å². The van der Waals surface area contributed by atoms with Gasteiger partial charge in [-0.15, -0.1) is 0 Å². The summed E-state index contributed by atoms with van der Waals surface area (Å²) in [6.45, 7) is 3.64. The molecule has 0 atom stereocenters. The van der Waals surface area contributed by atoms with Crippen LogP contribution in [0.5, 0.6) is 5.75 Å². The first-order chi connectivity index (χ1) is 11.5. The molecule has 1 amide bonds. The lowest BCUT2D eigenvalue weighted by Crippen LogP contribution is -2.38. The Morgan fingerprint density at radius 2 is 2.04 bits per heavy atom. The zero-order valence-corrected chi connectivity index (χ0v) is 17.1. The summed E-state index contributed by atoms with van der Waals surface area (Å²) >= 11 is 12.9. The standard InChI is InChI=1S/C16H18Br2ClN3O2/c1-2-3-5-21(16(23)22-6-4-20-11-22)7-8-24-15-13(17)9-12(19)10-14(15)18/h4,6,9-11H,2-3,5,7-8H2,1H3. The average Bonchev–Trinajstić information content (AvgIpc) is 3.06. The molecule has 0 radical (unpaired) electrons. The van der Waals surface area contributed by atoms with Crippen molar-refractivity contribution in [2.75, 3.05) is 19.7 Å². The van der Waals surface area contributed by atoms with Gasteiger partial charge >= 0.3 is 6.03 Å². The van der Waals surface area contributed by atoms with Gasteiger partial charge in [0, 0.05) is 24.0 Å². The van der Waals surface area contributed by atoms with Gasteiger partial charge in [0.25, 0.3) is 0 Å². The van der Waals surface area contributed by atoms with Crippen molar-refractivity contribution in [2.24, 2.45) is 0 Å². The second-order valence-corrected chi connectivity index (χ2v) is 7.29. The molecule has 0 bridgehead atoms. The van der Waals surface area contributed by atoms with Gasteiger partial charge in [-0.1, -0.05) is 24.9 Å². The van der Waals surface area contributed by atoms with E-state index in [1.807, 2.05) is 0 Å². The van der Waals surface area contributed by atoms with Gasteiger partial charge in [0.05, 0.1) is 15.5 Å². The smallest absolute Gasteiger partial charge is 0.329 e. The summed E-state index contributed by atoms with van der Waals surface area (Å²) in [5.74, 6) is 0.671. The van der Waals surface area contributed by atoms with E-state index >= 15 is 0 Å². The molecule has 1 heterocycles. The summed E-state index contributed by atoms with van der Waals surface area (Å²) in [6, 6.07) is 3.44. The molecule has 0 aliphatic carbocycles. The van der Waals surface area contributed by atoms with Crippen molar-refractivity contribution in [3.8, 4) is 5.75 Å². The quantitative estimate of drug-likeness (QED) is 0.548. The molecule has 0 saturated heterocycles. The number of carbonyl (C=O) groups excluding carboxylic acids is 1. The van der Waals surface area contributed by atoms with E-state index in [1.165, 1.54) is 10.9 Å². The number of amides is 1. The second kappa shape index (κ2) is 9.44. The molecule has 2 aromatic rings. The summed E-state index contributed by atoms with van der Waals surface area (Å²) in [6.07, 6.45) is 6.70. The minimum atomic E-state index is -0.0983. The van der Waals surface area contributed by atoms with Gasteiger partial charge in [-0.2, -0.15) is 0 Å². The lowest BCUT2D eigenvalue weighted by atomic mass is 10.3. The Balaban J connectivity index is 1.99. The maximum absolute atomic E-state index is 12.5. The number of rotatable bonds is 7. The van der Waals surface area contributed by atoms with Crippen LogP contribution in [0, 0.1) is 0 Å². The van der Waals surface area contributed by atoms with Gasteiger partial charge in [-0.3, -0.25) is 4.57 Å². The van der Waals surface area contributed by atoms with Crippen LogP contribution in [0.2, 0.25) is 5.02 Å². The van der Waals surface area contributed by atoms with E-state index in [-0.39, 0.29) is 6.03 Å². The maximum atomic E-state index is 12.5. The van der Waals surface area contributed by atoms with Gasteiger partial charge in [0.15, 0.2) is 0 Å². The van der Waals surface area contributed by atoms with Crippen molar-refractivity contribution < 1.29 is 9.53 Å². The van der Waals surface area contributed by atoms with Crippen molar-refractivity contribution in [1.82, 2.24) is 14.5 Å². The molecule has 0 aliphatic rings. The van der Waals surface area contributed by atoms with Crippen molar-refractivity contribution >= 4 is 49.5 Å². The summed E-state index contributed by atoms with van der Waals surface area (Å²) in [5.41, 5.74) is 0. The third kappa shape index (κ3) is 5.22. The average molecular weight is 480 g/mol. The Labute approximate surface area is 163 Å². The first kappa shape index (κ1) is 19.3. The summed E-state index contributed by atoms with van der Waals surface area (Å²) in [7, 11) is 0. The van der Waals surface area contributed by atoms with Gasteiger partial charge in [-0.25, -0.2) is 9.78 Å². The number of hydrogen-bond acceptors (Lipinski definition) is 3. The Hall–Kier alpha value is -1.05. The first-order valence-electron chi connectivity index (χ1n) is 7.57. The zero-order chi connectivity index (χ0) is 17.5. The van der Waals surface area contributed by atoms with Crippen LogP contribution in [-0.2, 0) is 0 Å². The predicted molar refractivity (Wildman–Crippen MR) is 102 cm³/mol. The highest BCUT2D eigenvalue weighted by Crippen LogP contribution is 2.36. The molecular weight excluding hydrogens is 461 g/mol. The highest BCUT2D eigenvalue weighted by atomic mass is 79.9. The first-order valence-corrected chi connectivity index (χ1v) is 9.54. The number of hydrogen-bond donors (Lipinski definition) is 0. The normalized spacial score (nSPS) is 10.7. The Bertz CT molecular complexity index is 657. The van der Waals surface area contributed by atoms with Crippen LogP contribution >= 0.6 is 43.5 Å². The van der Waals surface area contributed by atoms with E-state index in [2.05, 4.69) is 43.8 Å². The van der Waals surface area contributed by atoms with Gasteiger partial charge in [-0.05, 0) is 50.4 Å². The minimum Gasteiger partial charge on any atom is -0.489 e. The molecule has 0 spiro atoms. The van der Waals surface area contributed by atoms with E-state index < -0.39 is 0 Å². The number of aromatic nitrogens is 2. The van der Waals surface area contributed by atoms with Gasteiger partial charge in [0.1, 0.15) is 18.7 Å². The fourth-order valence-corrected chi connectivity index (χ4v) is 4.01. The monoisotopic (exact) mass is 477 g/mol. The van der Waals surface area contributed by atoms with Crippen LogP contribution in [0.25, 0.3) is 0 Å². The lowest BCUT2D eigenvalue weighted by molar-refractivity contribution is 0.182. The largest absolute Gasteiger partial charge is 0.489 e. The zero-order valence-electron chi connectivity index (χ0n) is 13.2. The molecule has 130 valence electrons. The number of unbranched alkanes of at least 4 members (excludes halogenated alkanes) is 1. The van der Waals surface area contributed by atoms with Crippen LogP contribution in [-0.4, -0.2) is 40.2 Å². The molecule has 2 rings (SSSR count). The Morgan fingerprint density at radius 3 is 2.62 bits per heavy atom.